The topological polar surface area (TPSA) is 29.5 Å². The average Bonchev–Trinajstić information content (AvgIpc) is 2.16. The summed E-state index contributed by atoms with van der Waals surface area (Å²) in [5.74, 6) is 0.421. The molecule has 3 nitrogen and oxygen atoms in total. The molecule has 0 fully saturated rings. The summed E-state index contributed by atoms with van der Waals surface area (Å²) in [7, 11) is 4.11. The molecule has 3 heteroatoms. The molecule has 0 radical (unpaired) electrons. The van der Waals surface area contributed by atoms with Gasteiger partial charge >= 0.3 is 5.97 Å². The second kappa shape index (κ2) is 9.64. The first-order valence-corrected chi connectivity index (χ1v) is 6.36. The summed E-state index contributed by atoms with van der Waals surface area (Å²) in [6, 6.07) is 0. The molecule has 0 aromatic heterocycles. The number of hydrogen-bond acceptors (Lipinski definition) is 3. The van der Waals surface area contributed by atoms with Crippen LogP contribution in [0.15, 0.2) is 0 Å². The number of carbonyl (C=O) groups excluding carboxylic acids is 1. The molecule has 0 N–H and O–H groups in total. The van der Waals surface area contributed by atoms with Crippen LogP contribution in [0, 0.1) is 5.92 Å². The van der Waals surface area contributed by atoms with E-state index in [1.165, 1.54) is 0 Å². The minimum Gasteiger partial charge on any atom is -0.466 e. The fourth-order valence-electron chi connectivity index (χ4n) is 1.65. The maximum absolute atomic E-state index is 11.4. The molecule has 0 bridgehead atoms. The number of esters is 1. The predicted molar refractivity (Wildman–Crippen MR) is 67.4 cm³/mol. The summed E-state index contributed by atoms with van der Waals surface area (Å²) in [4.78, 5) is 13.5. The molecule has 1 unspecified atom stereocenters. The Morgan fingerprint density at radius 3 is 2.56 bits per heavy atom. The van der Waals surface area contributed by atoms with Gasteiger partial charge < -0.3 is 9.64 Å². The number of carbonyl (C=O) groups is 1. The van der Waals surface area contributed by atoms with Crippen molar-refractivity contribution in [3.63, 3.8) is 0 Å². The standard InChI is InChI=1S/C13H27NO2/c1-5-8-12(2)11-13(15)16-10-7-6-9-14(3)4/h12H,5-11H2,1-4H3. The van der Waals surface area contributed by atoms with Crippen LogP contribution >= 0.6 is 0 Å². The van der Waals surface area contributed by atoms with Crippen LogP contribution in [0.3, 0.4) is 0 Å². The lowest BCUT2D eigenvalue weighted by molar-refractivity contribution is -0.144. The molecule has 0 spiro atoms. The highest BCUT2D eigenvalue weighted by atomic mass is 16.5. The van der Waals surface area contributed by atoms with Crippen molar-refractivity contribution in [3.05, 3.63) is 0 Å². The van der Waals surface area contributed by atoms with Crippen molar-refractivity contribution in [2.75, 3.05) is 27.2 Å². The van der Waals surface area contributed by atoms with Crippen LogP contribution in [-0.2, 0) is 9.53 Å². The van der Waals surface area contributed by atoms with Crippen LogP contribution in [0.25, 0.3) is 0 Å². The van der Waals surface area contributed by atoms with E-state index in [-0.39, 0.29) is 5.97 Å². The van der Waals surface area contributed by atoms with Crippen LogP contribution < -0.4 is 0 Å². The fraction of sp³-hybridized carbons (Fsp3) is 0.923. The Morgan fingerprint density at radius 2 is 2.00 bits per heavy atom. The van der Waals surface area contributed by atoms with Gasteiger partial charge in [0.15, 0.2) is 0 Å². The third-order valence-electron chi connectivity index (χ3n) is 2.56. The second-order valence-corrected chi connectivity index (χ2v) is 4.83. The van der Waals surface area contributed by atoms with E-state index in [2.05, 4.69) is 32.8 Å². The third kappa shape index (κ3) is 9.97. The van der Waals surface area contributed by atoms with Crippen LogP contribution in [-0.4, -0.2) is 38.1 Å². The van der Waals surface area contributed by atoms with Crippen LogP contribution in [0.4, 0.5) is 0 Å². The normalized spacial score (nSPS) is 12.8. The SMILES string of the molecule is CCCC(C)CC(=O)OCCCCN(C)C. The van der Waals surface area contributed by atoms with Gasteiger partial charge in [0.1, 0.15) is 0 Å². The largest absolute Gasteiger partial charge is 0.466 e. The van der Waals surface area contributed by atoms with Gasteiger partial charge in [0.05, 0.1) is 6.61 Å². The summed E-state index contributed by atoms with van der Waals surface area (Å²) in [5.41, 5.74) is 0. The number of rotatable bonds is 9. The molecule has 0 saturated carbocycles. The summed E-state index contributed by atoms with van der Waals surface area (Å²) in [6.45, 7) is 5.88. The molecule has 96 valence electrons. The summed E-state index contributed by atoms with van der Waals surface area (Å²) in [6.07, 6.45) is 4.87. The van der Waals surface area contributed by atoms with E-state index in [1.54, 1.807) is 0 Å². The zero-order valence-electron chi connectivity index (χ0n) is 11.3. The van der Waals surface area contributed by atoms with E-state index >= 15 is 0 Å². The van der Waals surface area contributed by atoms with E-state index in [1.807, 2.05) is 0 Å². The Labute approximate surface area is 100 Å². The summed E-state index contributed by atoms with van der Waals surface area (Å²) < 4.78 is 5.18. The molecular weight excluding hydrogens is 202 g/mol. The van der Waals surface area contributed by atoms with Crippen molar-refractivity contribution in [2.45, 2.75) is 46.0 Å². The second-order valence-electron chi connectivity index (χ2n) is 4.83. The van der Waals surface area contributed by atoms with Gasteiger partial charge in [-0.2, -0.15) is 0 Å². The molecule has 0 rings (SSSR count). The zero-order chi connectivity index (χ0) is 12.4. The third-order valence-corrected chi connectivity index (χ3v) is 2.56. The fourth-order valence-corrected chi connectivity index (χ4v) is 1.65. The molecule has 0 heterocycles. The van der Waals surface area contributed by atoms with Crippen LogP contribution in [0.5, 0.6) is 0 Å². The Morgan fingerprint density at radius 1 is 1.31 bits per heavy atom. The monoisotopic (exact) mass is 229 g/mol. The summed E-state index contributed by atoms with van der Waals surface area (Å²) in [5, 5.41) is 0. The number of hydrogen-bond donors (Lipinski definition) is 0. The lowest BCUT2D eigenvalue weighted by Crippen LogP contribution is -2.14. The molecule has 0 aromatic carbocycles. The Kier molecular flexibility index (Phi) is 9.30. The van der Waals surface area contributed by atoms with Gasteiger partial charge in [-0.15, -0.1) is 0 Å². The van der Waals surface area contributed by atoms with Crippen molar-refractivity contribution < 1.29 is 9.53 Å². The van der Waals surface area contributed by atoms with E-state index in [0.29, 0.717) is 18.9 Å². The number of nitrogens with zero attached hydrogens (tertiary/aromatic N) is 1. The van der Waals surface area contributed by atoms with Crippen molar-refractivity contribution >= 4 is 5.97 Å². The molecule has 0 aliphatic heterocycles. The molecule has 0 aromatic rings. The highest BCUT2D eigenvalue weighted by Crippen LogP contribution is 2.10. The highest BCUT2D eigenvalue weighted by molar-refractivity contribution is 5.69. The quantitative estimate of drug-likeness (QED) is 0.450. The highest BCUT2D eigenvalue weighted by Gasteiger charge is 2.08. The van der Waals surface area contributed by atoms with Gasteiger partial charge in [-0.25, -0.2) is 0 Å². The minimum absolute atomic E-state index is 0.0363. The Hall–Kier alpha value is -0.570. The zero-order valence-corrected chi connectivity index (χ0v) is 11.3. The van der Waals surface area contributed by atoms with Crippen molar-refractivity contribution in [2.24, 2.45) is 5.92 Å². The van der Waals surface area contributed by atoms with Gasteiger partial charge in [-0.05, 0) is 39.4 Å². The molecule has 0 amide bonds. The van der Waals surface area contributed by atoms with Crippen molar-refractivity contribution in [3.8, 4) is 0 Å². The predicted octanol–water partition coefficient (Wildman–Crippen LogP) is 2.70. The van der Waals surface area contributed by atoms with Gasteiger partial charge in [-0.3, -0.25) is 4.79 Å². The average molecular weight is 229 g/mol. The van der Waals surface area contributed by atoms with Crippen LogP contribution in [0.1, 0.15) is 46.0 Å². The van der Waals surface area contributed by atoms with E-state index < -0.39 is 0 Å². The van der Waals surface area contributed by atoms with Gasteiger partial charge in [0.2, 0.25) is 0 Å². The van der Waals surface area contributed by atoms with E-state index in [0.717, 1.165) is 32.2 Å². The Bertz CT molecular complexity index is 181. The number of ether oxygens (including phenoxy) is 1. The maximum Gasteiger partial charge on any atom is 0.306 e. The molecule has 1 atom stereocenters. The van der Waals surface area contributed by atoms with Crippen molar-refractivity contribution in [1.29, 1.82) is 0 Å². The van der Waals surface area contributed by atoms with Crippen LogP contribution in [0.2, 0.25) is 0 Å². The lowest BCUT2D eigenvalue weighted by Gasteiger charge is -2.11. The van der Waals surface area contributed by atoms with E-state index in [4.69, 9.17) is 4.74 Å². The first kappa shape index (κ1) is 15.4. The van der Waals surface area contributed by atoms with Crippen molar-refractivity contribution in [1.82, 2.24) is 4.90 Å². The summed E-state index contributed by atoms with van der Waals surface area (Å²) >= 11 is 0. The maximum atomic E-state index is 11.4. The first-order chi connectivity index (χ1) is 7.56. The lowest BCUT2D eigenvalue weighted by atomic mass is 10.0. The molecule has 0 aliphatic carbocycles. The van der Waals surface area contributed by atoms with E-state index in [9.17, 15) is 4.79 Å². The number of unbranched alkanes of at least 4 members (excludes halogenated alkanes) is 1. The van der Waals surface area contributed by atoms with Gasteiger partial charge in [-0.1, -0.05) is 26.7 Å². The Balaban J connectivity index is 3.36. The molecule has 0 aliphatic rings. The molecule has 16 heavy (non-hydrogen) atoms. The first-order valence-electron chi connectivity index (χ1n) is 6.36. The van der Waals surface area contributed by atoms with Gasteiger partial charge in [0.25, 0.3) is 0 Å². The minimum atomic E-state index is -0.0363. The molecule has 0 saturated heterocycles. The molecular formula is C13H27NO2. The smallest absolute Gasteiger partial charge is 0.306 e. The van der Waals surface area contributed by atoms with Gasteiger partial charge in [0, 0.05) is 6.42 Å².